The molecule has 0 N–H and O–H groups in total. The zero-order chi connectivity index (χ0) is 9.35. The van der Waals surface area contributed by atoms with Gasteiger partial charge >= 0.3 is 6.18 Å². The van der Waals surface area contributed by atoms with Gasteiger partial charge in [0.25, 0.3) is 0 Å². The highest BCUT2D eigenvalue weighted by atomic mass is 19.4. The van der Waals surface area contributed by atoms with Gasteiger partial charge in [-0.1, -0.05) is 6.92 Å². The van der Waals surface area contributed by atoms with Gasteiger partial charge in [-0.25, -0.2) is 0 Å². The van der Waals surface area contributed by atoms with Crippen molar-refractivity contribution in [2.45, 2.75) is 32.2 Å². The molecule has 0 amide bonds. The maximum atomic E-state index is 12.2. The molecule has 5 heteroatoms. The number of hydrogen-bond donors (Lipinski definition) is 0. The van der Waals surface area contributed by atoms with Gasteiger partial charge in [0.05, 0.1) is 6.10 Å². The molecule has 0 bridgehead atoms. The molecule has 0 spiro atoms. The van der Waals surface area contributed by atoms with Crippen molar-refractivity contribution in [1.29, 1.82) is 0 Å². The van der Waals surface area contributed by atoms with E-state index in [0.29, 0.717) is 0 Å². The molecular weight excluding hydrogens is 173 g/mol. The van der Waals surface area contributed by atoms with Gasteiger partial charge in [-0.3, -0.25) is 0 Å². The summed E-state index contributed by atoms with van der Waals surface area (Å²) in [5.74, 6) is -0.640. The molecule has 0 aromatic rings. The van der Waals surface area contributed by atoms with E-state index in [2.05, 4.69) is 4.74 Å². The second-order valence-electron chi connectivity index (χ2n) is 2.98. The largest absolute Gasteiger partial charge is 0.415 e. The minimum atomic E-state index is -4.28. The SMILES string of the molecule is CC1OCOC(C(F)(F)F)C1C. The molecule has 12 heavy (non-hydrogen) atoms. The Kier molecular flexibility index (Phi) is 2.63. The topological polar surface area (TPSA) is 18.5 Å². The van der Waals surface area contributed by atoms with Crippen LogP contribution in [-0.4, -0.2) is 25.2 Å². The van der Waals surface area contributed by atoms with Gasteiger partial charge in [-0.2, -0.15) is 13.2 Å². The Labute approximate surface area is 68.6 Å². The van der Waals surface area contributed by atoms with E-state index >= 15 is 0 Å². The fraction of sp³-hybridized carbons (Fsp3) is 1.00. The summed E-state index contributed by atoms with van der Waals surface area (Å²) in [5.41, 5.74) is 0. The predicted octanol–water partition coefficient (Wildman–Crippen LogP) is 1.95. The van der Waals surface area contributed by atoms with Gasteiger partial charge < -0.3 is 9.47 Å². The Balaban J connectivity index is 2.64. The number of ether oxygens (including phenoxy) is 2. The Hall–Kier alpha value is -0.290. The molecule has 1 rings (SSSR count). The van der Waals surface area contributed by atoms with E-state index in [9.17, 15) is 13.2 Å². The fourth-order valence-electron chi connectivity index (χ4n) is 1.16. The van der Waals surface area contributed by atoms with Crippen LogP contribution in [0.15, 0.2) is 0 Å². The van der Waals surface area contributed by atoms with Crippen LogP contribution < -0.4 is 0 Å². The van der Waals surface area contributed by atoms with Crippen LogP contribution in [0.4, 0.5) is 13.2 Å². The van der Waals surface area contributed by atoms with E-state index < -0.39 is 24.3 Å². The molecule has 0 aromatic heterocycles. The zero-order valence-corrected chi connectivity index (χ0v) is 6.89. The van der Waals surface area contributed by atoms with Gasteiger partial charge in [0.15, 0.2) is 6.10 Å². The van der Waals surface area contributed by atoms with Gasteiger partial charge in [-0.05, 0) is 6.92 Å². The smallest absolute Gasteiger partial charge is 0.352 e. The highest BCUT2D eigenvalue weighted by molar-refractivity contribution is 4.80. The van der Waals surface area contributed by atoms with E-state index in [1.807, 2.05) is 0 Å². The Morgan fingerprint density at radius 2 is 1.75 bits per heavy atom. The maximum absolute atomic E-state index is 12.2. The molecule has 0 aromatic carbocycles. The molecular formula is C7H11F3O2. The summed E-state index contributed by atoms with van der Waals surface area (Å²) < 4.78 is 45.9. The van der Waals surface area contributed by atoms with Gasteiger partial charge in [-0.15, -0.1) is 0 Å². The van der Waals surface area contributed by atoms with Crippen LogP contribution in [0.1, 0.15) is 13.8 Å². The molecule has 0 saturated carbocycles. The normalized spacial score (nSPS) is 38.2. The zero-order valence-electron chi connectivity index (χ0n) is 6.89. The lowest BCUT2D eigenvalue weighted by Gasteiger charge is -2.34. The summed E-state index contributed by atoms with van der Waals surface area (Å²) in [6.45, 7) is 2.82. The quantitative estimate of drug-likeness (QED) is 0.572. The molecule has 3 atom stereocenters. The van der Waals surface area contributed by atoms with Crippen molar-refractivity contribution in [3.8, 4) is 0 Å². The van der Waals surface area contributed by atoms with E-state index in [0.717, 1.165) is 0 Å². The average molecular weight is 184 g/mol. The minimum absolute atomic E-state index is 0.268. The van der Waals surface area contributed by atoms with Crippen molar-refractivity contribution in [1.82, 2.24) is 0 Å². The Morgan fingerprint density at radius 1 is 1.17 bits per heavy atom. The fourth-order valence-corrected chi connectivity index (χ4v) is 1.16. The standard InChI is InChI=1S/C7H11F3O2/c1-4-5(2)11-3-12-6(4)7(8,9)10/h4-6H,3H2,1-2H3. The molecule has 1 fully saturated rings. The van der Waals surface area contributed by atoms with Crippen molar-refractivity contribution in [3.05, 3.63) is 0 Å². The Bertz CT molecular complexity index is 157. The monoisotopic (exact) mass is 184 g/mol. The summed E-state index contributed by atoms with van der Waals surface area (Å²) >= 11 is 0. The van der Waals surface area contributed by atoms with Crippen LogP contribution in [0.5, 0.6) is 0 Å². The number of halogens is 3. The first-order chi connectivity index (χ1) is 5.43. The van der Waals surface area contributed by atoms with E-state index in [-0.39, 0.29) is 6.79 Å². The molecule has 1 saturated heterocycles. The molecule has 1 heterocycles. The van der Waals surface area contributed by atoms with Crippen LogP contribution in [0.2, 0.25) is 0 Å². The first kappa shape index (κ1) is 9.80. The third-order valence-electron chi connectivity index (χ3n) is 2.12. The first-order valence-electron chi connectivity index (χ1n) is 3.73. The van der Waals surface area contributed by atoms with Crippen LogP contribution in [0.25, 0.3) is 0 Å². The third-order valence-corrected chi connectivity index (χ3v) is 2.12. The van der Waals surface area contributed by atoms with Gasteiger partial charge in [0, 0.05) is 5.92 Å². The summed E-state index contributed by atoms with van der Waals surface area (Å²) in [5, 5.41) is 0. The van der Waals surface area contributed by atoms with Crippen LogP contribution >= 0.6 is 0 Å². The second kappa shape index (κ2) is 3.22. The average Bonchev–Trinajstić information content (AvgIpc) is 1.92. The summed E-state index contributed by atoms with van der Waals surface area (Å²) in [6, 6.07) is 0. The van der Waals surface area contributed by atoms with Crippen molar-refractivity contribution < 1.29 is 22.6 Å². The lowest BCUT2D eigenvalue weighted by molar-refractivity contribution is -0.300. The van der Waals surface area contributed by atoms with Crippen LogP contribution in [-0.2, 0) is 9.47 Å². The van der Waals surface area contributed by atoms with Crippen molar-refractivity contribution in [2.24, 2.45) is 5.92 Å². The van der Waals surface area contributed by atoms with Crippen molar-refractivity contribution >= 4 is 0 Å². The summed E-state index contributed by atoms with van der Waals surface area (Å²) in [6.07, 6.45) is -6.36. The molecule has 72 valence electrons. The molecule has 2 nitrogen and oxygen atoms in total. The molecule has 1 aliphatic rings. The summed E-state index contributed by atoms with van der Waals surface area (Å²) in [4.78, 5) is 0. The highest BCUT2D eigenvalue weighted by Gasteiger charge is 2.47. The van der Waals surface area contributed by atoms with Crippen molar-refractivity contribution in [3.63, 3.8) is 0 Å². The van der Waals surface area contributed by atoms with E-state index in [1.54, 1.807) is 6.92 Å². The lowest BCUT2D eigenvalue weighted by atomic mass is 9.98. The van der Waals surface area contributed by atoms with Gasteiger partial charge in [0.1, 0.15) is 6.79 Å². The maximum Gasteiger partial charge on any atom is 0.415 e. The van der Waals surface area contributed by atoms with Crippen LogP contribution in [0, 0.1) is 5.92 Å². The number of alkyl halides is 3. The van der Waals surface area contributed by atoms with E-state index in [4.69, 9.17) is 4.74 Å². The molecule has 0 aliphatic carbocycles. The molecule has 1 aliphatic heterocycles. The second-order valence-corrected chi connectivity index (χ2v) is 2.98. The Morgan fingerprint density at radius 3 is 2.17 bits per heavy atom. The number of hydrogen-bond acceptors (Lipinski definition) is 2. The van der Waals surface area contributed by atoms with Crippen molar-refractivity contribution in [2.75, 3.05) is 6.79 Å². The van der Waals surface area contributed by atoms with E-state index in [1.165, 1.54) is 6.92 Å². The number of rotatable bonds is 0. The molecule has 3 unspecified atom stereocenters. The first-order valence-corrected chi connectivity index (χ1v) is 3.73. The summed E-state index contributed by atoms with van der Waals surface area (Å²) in [7, 11) is 0. The highest BCUT2D eigenvalue weighted by Crippen LogP contribution is 2.33. The van der Waals surface area contributed by atoms with Crippen LogP contribution in [0.3, 0.4) is 0 Å². The minimum Gasteiger partial charge on any atom is -0.352 e. The third kappa shape index (κ3) is 1.90. The molecule has 0 radical (unpaired) electrons. The van der Waals surface area contributed by atoms with Gasteiger partial charge in [0.2, 0.25) is 0 Å². The predicted molar refractivity (Wildman–Crippen MR) is 35.5 cm³/mol. The lowest BCUT2D eigenvalue weighted by Crippen LogP contribution is -2.46.